The van der Waals surface area contributed by atoms with Crippen LogP contribution < -0.4 is 10.1 Å². The molecule has 7 heteroatoms. The second-order valence-corrected chi connectivity index (χ2v) is 5.03. The lowest BCUT2D eigenvalue weighted by atomic mass is 10.3. The highest BCUT2D eigenvalue weighted by molar-refractivity contribution is 5.76. The molecule has 2 rings (SSSR count). The maximum Gasteiger partial charge on any atom is 0.317 e. The van der Waals surface area contributed by atoms with Crippen LogP contribution >= 0.6 is 0 Å². The largest absolute Gasteiger partial charge is 0.492 e. The molecule has 0 atom stereocenters. The van der Waals surface area contributed by atoms with Crippen LogP contribution in [-0.2, 0) is 4.79 Å². The molecule has 120 valence electrons. The number of rotatable bonds is 4. The zero-order valence-corrected chi connectivity index (χ0v) is 12.5. The Balaban J connectivity index is 1.64. The topological polar surface area (TPSA) is 61.9 Å². The molecule has 1 fully saturated rings. The molecule has 0 spiro atoms. The monoisotopic (exact) mass is 309 g/mol. The summed E-state index contributed by atoms with van der Waals surface area (Å²) in [4.78, 5) is 26.5. The average Bonchev–Trinajstić information content (AvgIpc) is 2.53. The second-order valence-electron chi connectivity index (χ2n) is 5.03. The van der Waals surface area contributed by atoms with Gasteiger partial charge in [0.05, 0.1) is 6.54 Å². The van der Waals surface area contributed by atoms with Crippen molar-refractivity contribution in [1.29, 1.82) is 0 Å². The number of urea groups is 1. The van der Waals surface area contributed by atoms with Gasteiger partial charge in [0.25, 0.3) is 0 Å². The van der Waals surface area contributed by atoms with E-state index in [1.807, 2.05) is 0 Å². The summed E-state index contributed by atoms with van der Waals surface area (Å²) in [7, 11) is 0. The molecule has 1 aromatic rings. The molecule has 0 aliphatic carbocycles. The number of nitrogens with zero attached hydrogens (tertiary/aromatic N) is 2. The van der Waals surface area contributed by atoms with Crippen LogP contribution in [0.15, 0.2) is 24.3 Å². The Morgan fingerprint density at radius 3 is 2.32 bits per heavy atom. The van der Waals surface area contributed by atoms with E-state index < -0.39 is 0 Å². The summed E-state index contributed by atoms with van der Waals surface area (Å²) in [6, 6.07) is 5.56. The van der Waals surface area contributed by atoms with Gasteiger partial charge in [0.2, 0.25) is 5.91 Å². The van der Waals surface area contributed by atoms with Crippen LogP contribution in [0.2, 0.25) is 0 Å². The number of amides is 3. The molecule has 6 nitrogen and oxygen atoms in total. The van der Waals surface area contributed by atoms with Crippen LogP contribution in [0.5, 0.6) is 5.75 Å². The van der Waals surface area contributed by atoms with Crippen molar-refractivity contribution in [2.24, 2.45) is 0 Å². The summed E-state index contributed by atoms with van der Waals surface area (Å²) >= 11 is 0. The zero-order valence-electron chi connectivity index (χ0n) is 12.5. The third kappa shape index (κ3) is 4.61. The Labute approximate surface area is 128 Å². The number of hydrogen-bond acceptors (Lipinski definition) is 3. The molecule has 0 unspecified atom stereocenters. The van der Waals surface area contributed by atoms with E-state index >= 15 is 0 Å². The van der Waals surface area contributed by atoms with Gasteiger partial charge in [-0.2, -0.15) is 0 Å². The minimum atomic E-state index is -0.314. The van der Waals surface area contributed by atoms with Crippen molar-refractivity contribution in [3.63, 3.8) is 0 Å². The van der Waals surface area contributed by atoms with E-state index in [0.29, 0.717) is 45.1 Å². The fraction of sp³-hybridized carbons (Fsp3) is 0.467. The maximum atomic E-state index is 12.7. The number of ether oxygens (including phenoxy) is 1. The lowest BCUT2D eigenvalue weighted by Gasteiger charge is -2.34. The Hall–Kier alpha value is -2.31. The van der Waals surface area contributed by atoms with Gasteiger partial charge < -0.3 is 19.9 Å². The fourth-order valence-corrected chi connectivity index (χ4v) is 2.19. The first-order chi connectivity index (χ1) is 10.6. The number of halogens is 1. The molecule has 0 saturated carbocycles. The number of nitrogens with one attached hydrogen (secondary N) is 1. The van der Waals surface area contributed by atoms with Crippen molar-refractivity contribution in [2.75, 3.05) is 39.3 Å². The van der Waals surface area contributed by atoms with Gasteiger partial charge >= 0.3 is 6.03 Å². The molecule has 0 bridgehead atoms. The smallest absolute Gasteiger partial charge is 0.317 e. The minimum absolute atomic E-state index is 0.0350. The van der Waals surface area contributed by atoms with Gasteiger partial charge in [-0.3, -0.25) is 4.79 Å². The third-order valence-corrected chi connectivity index (χ3v) is 3.47. The van der Waals surface area contributed by atoms with Gasteiger partial charge in [0, 0.05) is 33.1 Å². The zero-order chi connectivity index (χ0) is 15.9. The van der Waals surface area contributed by atoms with Gasteiger partial charge in [0.15, 0.2) is 0 Å². The summed E-state index contributed by atoms with van der Waals surface area (Å²) in [5.41, 5.74) is 0. The van der Waals surface area contributed by atoms with Crippen LogP contribution in [0.4, 0.5) is 9.18 Å². The summed E-state index contributed by atoms with van der Waals surface area (Å²) in [6.07, 6.45) is 0. The first-order valence-corrected chi connectivity index (χ1v) is 7.23. The molecule has 1 aliphatic heterocycles. The van der Waals surface area contributed by atoms with Crippen LogP contribution in [0.3, 0.4) is 0 Å². The van der Waals surface area contributed by atoms with Crippen molar-refractivity contribution < 1.29 is 18.7 Å². The number of carbonyl (C=O) groups is 2. The van der Waals surface area contributed by atoms with Gasteiger partial charge in [-0.05, 0) is 24.3 Å². The maximum absolute atomic E-state index is 12.7. The lowest BCUT2D eigenvalue weighted by molar-refractivity contribution is -0.130. The molecule has 1 heterocycles. The van der Waals surface area contributed by atoms with Gasteiger partial charge in [-0.25, -0.2) is 9.18 Å². The van der Waals surface area contributed by atoms with E-state index in [9.17, 15) is 14.0 Å². The first kappa shape index (κ1) is 16.1. The standard InChI is InChI=1S/C15H20FN3O3/c1-12(20)18-7-9-19(10-8-18)15(21)17-6-11-22-14-4-2-13(16)3-5-14/h2-5H,6-11H2,1H3,(H,17,21). The van der Waals surface area contributed by atoms with E-state index in [0.717, 1.165) is 0 Å². The van der Waals surface area contributed by atoms with Crippen molar-refractivity contribution in [3.05, 3.63) is 30.1 Å². The molecule has 0 aromatic heterocycles. The third-order valence-electron chi connectivity index (χ3n) is 3.47. The predicted octanol–water partition coefficient (Wildman–Crippen LogP) is 1.08. The molecule has 0 radical (unpaired) electrons. The highest BCUT2D eigenvalue weighted by Crippen LogP contribution is 2.10. The van der Waals surface area contributed by atoms with Gasteiger partial charge in [0.1, 0.15) is 18.2 Å². The quantitative estimate of drug-likeness (QED) is 0.847. The summed E-state index contributed by atoms with van der Waals surface area (Å²) < 4.78 is 18.1. The number of carbonyl (C=O) groups excluding carboxylic acids is 2. The van der Waals surface area contributed by atoms with Gasteiger partial charge in [-0.1, -0.05) is 0 Å². The molecule has 1 aromatic carbocycles. The van der Waals surface area contributed by atoms with Crippen molar-refractivity contribution in [2.45, 2.75) is 6.92 Å². The average molecular weight is 309 g/mol. The van der Waals surface area contributed by atoms with E-state index in [-0.39, 0.29) is 17.8 Å². The molecular formula is C15H20FN3O3. The molecule has 22 heavy (non-hydrogen) atoms. The van der Waals surface area contributed by atoms with Crippen LogP contribution in [0, 0.1) is 5.82 Å². The summed E-state index contributed by atoms with van der Waals surface area (Å²) in [5, 5.41) is 2.76. The van der Waals surface area contributed by atoms with Crippen LogP contribution in [0.1, 0.15) is 6.92 Å². The Morgan fingerprint density at radius 2 is 1.73 bits per heavy atom. The van der Waals surface area contributed by atoms with E-state index in [4.69, 9.17) is 4.74 Å². The minimum Gasteiger partial charge on any atom is -0.492 e. The first-order valence-electron chi connectivity index (χ1n) is 7.23. The fourth-order valence-electron chi connectivity index (χ4n) is 2.19. The number of piperazine rings is 1. The molecular weight excluding hydrogens is 289 g/mol. The van der Waals surface area contributed by atoms with E-state index in [1.54, 1.807) is 9.80 Å². The highest BCUT2D eigenvalue weighted by Gasteiger charge is 2.21. The van der Waals surface area contributed by atoms with Crippen LogP contribution in [-0.4, -0.2) is 61.1 Å². The Morgan fingerprint density at radius 1 is 1.14 bits per heavy atom. The Bertz CT molecular complexity index is 513. The molecule has 1 saturated heterocycles. The molecule has 1 N–H and O–H groups in total. The SMILES string of the molecule is CC(=O)N1CCN(C(=O)NCCOc2ccc(F)cc2)CC1. The number of benzene rings is 1. The highest BCUT2D eigenvalue weighted by atomic mass is 19.1. The summed E-state index contributed by atoms with van der Waals surface area (Å²) in [5.74, 6) is 0.281. The second kappa shape index (κ2) is 7.63. The predicted molar refractivity (Wildman–Crippen MR) is 79.1 cm³/mol. The number of hydrogen-bond donors (Lipinski definition) is 1. The van der Waals surface area contributed by atoms with E-state index in [2.05, 4.69) is 5.32 Å². The van der Waals surface area contributed by atoms with Crippen molar-refractivity contribution >= 4 is 11.9 Å². The van der Waals surface area contributed by atoms with E-state index in [1.165, 1.54) is 31.2 Å². The van der Waals surface area contributed by atoms with Crippen molar-refractivity contribution in [1.82, 2.24) is 15.1 Å². The van der Waals surface area contributed by atoms with Gasteiger partial charge in [-0.15, -0.1) is 0 Å². The lowest BCUT2D eigenvalue weighted by Crippen LogP contribution is -2.53. The molecule has 1 aliphatic rings. The van der Waals surface area contributed by atoms with Crippen molar-refractivity contribution in [3.8, 4) is 5.75 Å². The Kier molecular flexibility index (Phi) is 5.57. The van der Waals surface area contributed by atoms with Crippen LogP contribution in [0.25, 0.3) is 0 Å². The molecule has 3 amide bonds. The summed E-state index contributed by atoms with van der Waals surface area (Å²) in [6.45, 7) is 4.40. The normalized spacial score (nSPS) is 14.6.